The molecule has 1 aromatic heterocycles. The molecule has 0 bridgehead atoms. The maximum atomic E-state index is 12.5. The summed E-state index contributed by atoms with van der Waals surface area (Å²) >= 11 is 5.66. The molecule has 2 nitrogen and oxygen atoms in total. The van der Waals surface area contributed by atoms with Crippen molar-refractivity contribution in [1.82, 2.24) is 4.98 Å². The number of hydrogen-bond acceptors (Lipinski definition) is 2. The van der Waals surface area contributed by atoms with Gasteiger partial charge in [-0.2, -0.15) is 4.39 Å². The molecular weight excluding hydrogens is 179 g/mol. The van der Waals surface area contributed by atoms with Gasteiger partial charge in [0.05, 0.1) is 11.6 Å². The third-order valence-electron chi connectivity index (χ3n) is 1.15. The van der Waals surface area contributed by atoms with Crippen LogP contribution >= 0.6 is 11.6 Å². The minimum atomic E-state index is -0.597. The van der Waals surface area contributed by atoms with Gasteiger partial charge in [0.1, 0.15) is 0 Å². The van der Waals surface area contributed by atoms with Crippen LogP contribution in [0.2, 0.25) is 5.02 Å². The molecule has 2 N–H and O–H groups in total. The quantitative estimate of drug-likeness (QED) is 0.486. The Balaban J connectivity index is 3.05. The predicted octanol–water partition coefficient (Wildman–Crippen LogP) is 1.18. The minimum absolute atomic E-state index is 0.222. The second kappa shape index (κ2) is 4.05. The summed E-state index contributed by atoms with van der Waals surface area (Å²) in [4.78, 5) is 3.35. The molecule has 0 aromatic carbocycles. The van der Waals surface area contributed by atoms with Gasteiger partial charge in [0, 0.05) is 17.8 Å². The molecule has 62 valence electrons. The van der Waals surface area contributed by atoms with Crippen molar-refractivity contribution >= 4 is 11.6 Å². The maximum absolute atomic E-state index is 12.5. The molecule has 0 aliphatic heterocycles. The van der Waals surface area contributed by atoms with E-state index in [2.05, 4.69) is 16.8 Å². The largest absolute Gasteiger partial charge is 0.320 e. The van der Waals surface area contributed by atoms with E-state index in [1.165, 1.54) is 12.3 Å². The van der Waals surface area contributed by atoms with Crippen LogP contribution in [0.15, 0.2) is 12.3 Å². The first-order valence-corrected chi connectivity index (χ1v) is 3.62. The summed E-state index contributed by atoms with van der Waals surface area (Å²) in [5, 5.41) is 0.331. The highest BCUT2D eigenvalue weighted by molar-refractivity contribution is 6.31. The third-order valence-corrected chi connectivity index (χ3v) is 1.45. The van der Waals surface area contributed by atoms with E-state index < -0.39 is 5.95 Å². The topological polar surface area (TPSA) is 38.9 Å². The van der Waals surface area contributed by atoms with Gasteiger partial charge < -0.3 is 5.73 Å². The molecule has 0 radical (unpaired) electrons. The Morgan fingerprint density at radius 2 is 2.42 bits per heavy atom. The SMILES string of the molecule is NCC#Cc1cc(F)ncc1Cl. The second-order valence-corrected chi connectivity index (χ2v) is 2.40. The first-order chi connectivity index (χ1) is 5.74. The van der Waals surface area contributed by atoms with Crippen molar-refractivity contribution in [2.45, 2.75) is 0 Å². The summed E-state index contributed by atoms with van der Waals surface area (Å²) in [5.74, 6) is 4.60. The van der Waals surface area contributed by atoms with Gasteiger partial charge >= 0.3 is 0 Å². The molecule has 4 heteroatoms. The fraction of sp³-hybridized carbons (Fsp3) is 0.125. The molecule has 0 atom stereocenters. The zero-order chi connectivity index (χ0) is 8.97. The first-order valence-electron chi connectivity index (χ1n) is 3.24. The van der Waals surface area contributed by atoms with Gasteiger partial charge in [0.2, 0.25) is 5.95 Å². The van der Waals surface area contributed by atoms with Gasteiger partial charge in [-0.3, -0.25) is 0 Å². The first kappa shape index (κ1) is 8.98. The molecule has 0 saturated heterocycles. The lowest BCUT2D eigenvalue weighted by Gasteiger charge is -1.93. The molecule has 12 heavy (non-hydrogen) atoms. The van der Waals surface area contributed by atoms with Crippen LogP contribution in [-0.4, -0.2) is 11.5 Å². The van der Waals surface area contributed by atoms with Crippen molar-refractivity contribution in [3.05, 3.63) is 28.8 Å². The van der Waals surface area contributed by atoms with Crippen LogP contribution in [0.1, 0.15) is 5.56 Å². The Hall–Kier alpha value is -1.11. The number of aromatic nitrogens is 1. The molecule has 0 amide bonds. The molecule has 0 unspecified atom stereocenters. The van der Waals surface area contributed by atoms with Crippen LogP contribution in [0.3, 0.4) is 0 Å². The van der Waals surface area contributed by atoms with E-state index >= 15 is 0 Å². The van der Waals surface area contributed by atoms with Crippen molar-refractivity contribution in [2.75, 3.05) is 6.54 Å². The average molecular weight is 185 g/mol. The fourth-order valence-electron chi connectivity index (χ4n) is 0.655. The third kappa shape index (κ3) is 2.19. The summed E-state index contributed by atoms with van der Waals surface area (Å²) in [6.07, 6.45) is 1.22. The molecular formula is C8H6ClFN2. The van der Waals surface area contributed by atoms with E-state index in [0.717, 1.165) is 0 Å². The lowest BCUT2D eigenvalue weighted by Crippen LogP contribution is -1.93. The standard InChI is InChI=1S/C8H6ClFN2/c9-7-5-12-8(10)4-6(7)2-1-3-11/h4-5H,3,11H2. The van der Waals surface area contributed by atoms with Crippen molar-refractivity contribution in [3.63, 3.8) is 0 Å². The van der Waals surface area contributed by atoms with Crippen LogP contribution < -0.4 is 5.73 Å². The molecule has 0 aliphatic carbocycles. The number of hydrogen-bond donors (Lipinski definition) is 1. The van der Waals surface area contributed by atoms with E-state index in [4.69, 9.17) is 17.3 Å². The van der Waals surface area contributed by atoms with E-state index in [0.29, 0.717) is 10.6 Å². The Bertz CT molecular complexity index is 341. The van der Waals surface area contributed by atoms with Crippen molar-refractivity contribution in [2.24, 2.45) is 5.73 Å². The molecule has 0 fully saturated rings. The molecule has 0 spiro atoms. The second-order valence-electron chi connectivity index (χ2n) is 1.99. The van der Waals surface area contributed by atoms with Gasteiger partial charge in [-0.25, -0.2) is 4.98 Å². The Morgan fingerprint density at radius 3 is 3.08 bits per heavy atom. The van der Waals surface area contributed by atoms with Crippen LogP contribution in [0.4, 0.5) is 4.39 Å². The van der Waals surface area contributed by atoms with Gasteiger partial charge in [-0.15, -0.1) is 0 Å². The smallest absolute Gasteiger partial charge is 0.214 e. The number of pyridine rings is 1. The minimum Gasteiger partial charge on any atom is -0.320 e. The lowest BCUT2D eigenvalue weighted by atomic mass is 10.3. The van der Waals surface area contributed by atoms with Crippen molar-refractivity contribution < 1.29 is 4.39 Å². The zero-order valence-electron chi connectivity index (χ0n) is 6.14. The molecule has 1 rings (SSSR count). The van der Waals surface area contributed by atoms with Crippen molar-refractivity contribution in [3.8, 4) is 11.8 Å². The van der Waals surface area contributed by atoms with E-state index in [1.54, 1.807) is 0 Å². The summed E-state index contributed by atoms with van der Waals surface area (Å²) in [6, 6.07) is 1.17. The molecule has 0 aliphatic rings. The van der Waals surface area contributed by atoms with Crippen LogP contribution in [0.25, 0.3) is 0 Å². The normalized spacial score (nSPS) is 8.92. The van der Waals surface area contributed by atoms with Crippen LogP contribution in [0.5, 0.6) is 0 Å². The summed E-state index contributed by atoms with van der Waals surface area (Å²) in [6.45, 7) is 0.222. The number of rotatable bonds is 0. The van der Waals surface area contributed by atoms with Gasteiger partial charge in [0.15, 0.2) is 0 Å². The van der Waals surface area contributed by atoms with Gasteiger partial charge in [0.25, 0.3) is 0 Å². The molecule has 1 heterocycles. The van der Waals surface area contributed by atoms with E-state index in [-0.39, 0.29) is 6.54 Å². The summed E-state index contributed by atoms with van der Waals surface area (Å²) in [5.41, 5.74) is 5.55. The zero-order valence-corrected chi connectivity index (χ0v) is 6.90. The molecule has 1 aromatic rings. The van der Waals surface area contributed by atoms with E-state index in [9.17, 15) is 4.39 Å². The molecule has 0 saturated carbocycles. The highest BCUT2D eigenvalue weighted by Crippen LogP contribution is 2.13. The Morgan fingerprint density at radius 1 is 1.67 bits per heavy atom. The van der Waals surface area contributed by atoms with Gasteiger partial charge in [-0.1, -0.05) is 23.4 Å². The monoisotopic (exact) mass is 184 g/mol. The fourth-order valence-corrected chi connectivity index (χ4v) is 0.806. The summed E-state index contributed by atoms with van der Waals surface area (Å²) in [7, 11) is 0. The number of nitrogens with zero attached hydrogens (tertiary/aromatic N) is 1. The van der Waals surface area contributed by atoms with Crippen LogP contribution in [0, 0.1) is 17.8 Å². The number of nitrogens with two attached hydrogens (primary N) is 1. The summed E-state index contributed by atoms with van der Waals surface area (Å²) < 4.78 is 12.5. The number of halogens is 2. The van der Waals surface area contributed by atoms with Gasteiger partial charge in [-0.05, 0) is 0 Å². The maximum Gasteiger partial charge on any atom is 0.214 e. The lowest BCUT2D eigenvalue weighted by molar-refractivity contribution is 0.583. The predicted molar refractivity (Wildman–Crippen MR) is 45.1 cm³/mol. The highest BCUT2D eigenvalue weighted by atomic mass is 35.5. The van der Waals surface area contributed by atoms with Crippen molar-refractivity contribution in [1.29, 1.82) is 0 Å². The Labute approximate surface area is 74.6 Å². The highest BCUT2D eigenvalue weighted by Gasteiger charge is 1.98. The average Bonchev–Trinajstić information content (AvgIpc) is 2.07. The van der Waals surface area contributed by atoms with Crippen LogP contribution in [-0.2, 0) is 0 Å². The van der Waals surface area contributed by atoms with E-state index in [1.807, 2.05) is 0 Å². The Kier molecular flexibility index (Phi) is 3.03.